The summed E-state index contributed by atoms with van der Waals surface area (Å²) in [5, 5.41) is 32.4. The van der Waals surface area contributed by atoms with Gasteiger partial charge in [-0.25, -0.2) is 4.39 Å². The van der Waals surface area contributed by atoms with Gasteiger partial charge in [-0.2, -0.15) is 5.26 Å². The highest BCUT2D eigenvalue weighted by molar-refractivity contribution is 6.19. The molecule has 1 heterocycles. The van der Waals surface area contributed by atoms with E-state index in [4.69, 9.17) is 10.4 Å². The topological polar surface area (TPSA) is 155 Å². The van der Waals surface area contributed by atoms with Gasteiger partial charge < -0.3 is 25.7 Å². The number of benzene rings is 1. The van der Waals surface area contributed by atoms with Crippen LogP contribution in [0.2, 0.25) is 0 Å². The fourth-order valence-corrected chi connectivity index (χ4v) is 2.80. The lowest BCUT2D eigenvalue weighted by atomic mass is 9.96. The average molecular weight is 500 g/mol. The highest BCUT2D eigenvalue weighted by Gasteiger charge is 2.26. The van der Waals surface area contributed by atoms with Crippen molar-refractivity contribution in [1.82, 2.24) is 15.5 Å². The summed E-state index contributed by atoms with van der Waals surface area (Å²) in [7, 11) is 1.34. The summed E-state index contributed by atoms with van der Waals surface area (Å²) in [6.45, 7) is 3.72. The molecule has 0 aromatic heterocycles. The predicted octanol–water partition coefficient (Wildman–Crippen LogP) is 2.08. The summed E-state index contributed by atoms with van der Waals surface area (Å²) in [5.41, 5.74) is 0.679. The van der Waals surface area contributed by atoms with Crippen LogP contribution in [-0.2, 0) is 20.8 Å². The number of allylic oxidation sites excluding steroid dienone is 1. The standard InChI is InChI=1S/C19H20FN3O4.C6H10N2O/c1-21-18(26)17-16(25)12-22-11-14(6-7-23(8-9-24)19(17)27)10-13-2-4-15(20)5-3-13;1-6(2,3-7)4-8-5-9/h2-6,8-9,11,24-25H,7,10,12H2,1H3,(H,21,26);5H,4H2,1-2H3,(H,8,9)/b9-8-,14-6-,17-16+,22-11?;. The number of nitrogens with one attached hydrogen (secondary N) is 2. The van der Waals surface area contributed by atoms with Crippen LogP contribution in [0.15, 0.2) is 64.7 Å². The molecule has 1 aromatic rings. The smallest absolute Gasteiger partial charge is 0.267 e. The van der Waals surface area contributed by atoms with E-state index in [2.05, 4.69) is 21.7 Å². The number of halogens is 1. The number of amides is 3. The van der Waals surface area contributed by atoms with Gasteiger partial charge in [0.2, 0.25) is 6.41 Å². The van der Waals surface area contributed by atoms with Crippen LogP contribution in [-0.4, -0.2) is 66.2 Å². The quantitative estimate of drug-likeness (QED) is 0.256. The van der Waals surface area contributed by atoms with Crippen molar-refractivity contribution < 1.29 is 29.0 Å². The molecule has 192 valence electrons. The van der Waals surface area contributed by atoms with E-state index in [0.717, 1.165) is 22.2 Å². The summed E-state index contributed by atoms with van der Waals surface area (Å²) < 4.78 is 13.1. The highest BCUT2D eigenvalue weighted by atomic mass is 19.1. The molecule has 1 aliphatic rings. The number of aliphatic hydroxyl groups is 2. The summed E-state index contributed by atoms with van der Waals surface area (Å²) in [4.78, 5) is 39.5. The first kappa shape index (κ1) is 29.6. The summed E-state index contributed by atoms with van der Waals surface area (Å²) in [6, 6.07) is 8.03. The van der Waals surface area contributed by atoms with Crippen molar-refractivity contribution in [2.45, 2.75) is 20.3 Å². The van der Waals surface area contributed by atoms with Crippen LogP contribution < -0.4 is 10.6 Å². The molecule has 4 N–H and O–H groups in total. The third kappa shape index (κ3) is 9.80. The molecule has 0 spiro atoms. The van der Waals surface area contributed by atoms with Gasteiger partial charge in [-0.05, 0) is 43.5 Å². The molecule has 1 aromatic carbocycles. The van der Waals surface area contributed by atoms with E-state index in [1.54, 1.807) is 32.1 Å². The zero-order chi connectivity index (χ0) is 27.1. The molecule has 0 atom stereocenters. The molecule has 0 saturated carbocycles. The summed E-state index contributed by atoms with van der Waals surface area (Å²) in [6.07, 6.45) is 6.03. The largest absolute Gasteiger partial charge is 0.514 e. The van der Waals surface area contributed by atoms with E-state index in [9.17, 15) is 23.9 Å². The molecule has 0 radical (unpaired) electrons. The van der Waals surface area contributed by atoms with Crippen molar-refractivity contribution in [3.05, 3.63) is 71.1 Å². The average Bonchev–Trinajstić information content (AvgIpc) is 2.86. The second-order valence-corrected chi connectivity index (χ2v) is 8.20. The Hall–Kier alpha value is -4.46. The molecule has 0 fully saturated rings. The zero-order valence-corrected chi connectivity index (χ0v) is 20.4. The normalized spacial score (nSPS) is 17.8. The molecule has 0 saturated heterocycles. The minimum Gasteiger partial charge on any atom is -0.514 e. The van der Waals surface area contributed by atoms with Gasteiger partial charge >= 0.3 is 0 Å². The third-order valence-electron chi connectivity index (χ3n) is 4.76. The molecule has 2 rings (SSSR count). The Morgan fingerprint density at radius 3 is 2.56 bits per heavy atom. The van der Waals surface area contributed by atoms with E-state index in [1.807, 2.05) is 0 Å². The zero-order valence-electron chi connectivity index (χ0n) is 20.4. The second-order valence-electron chi connectivity index (χ2n) is 8.20. The Kier molecular flexibility index (Phi) is 12.1. The lowest BCUT2D eigenvalue weighted by Gasteiger charge is -2.19. The third-order valence-corrected chi connectivity index (χ3v) is 4.76. The van der Waals surface area contributed by atoms with Crippen LogP contribution in [0.3, 0.4) is 0 Å². The number of nitriles is 1. The Morgan fingerprint density at radius 2 is 2.00 bits per heavy atom. The number of likely N-dealkylation sites (N-methyl/N-ethyl adjacent to an activating group) is 1. The van der Waals surface area contributed by atoms with Gasteiger partial charge in [-0.15, -0.1) is 0 Å². The van der Waals surface area contributed by atoms with Crippen molar-refractivity contribution in [2.24, 2.45) is 10.4 Å². The number of hydrogen-bond donors (Lipinski definition) is 4. The van der Waals surface area contributed by atoms with Crippen LogP contribution in [0.4, 0.5) is 4.39 Å². The number of aliphatic hydroxyl groups excluding tert-OH is 2. The molecule has 11 heteroatoms. The van der Waals surface area contributed by atoms with Crippen molar-refractivity contribution in [1.29, 1.82) is 5.26 Å². The maximum absolute atomic E-state index is 13.1. The number of rotatable bonds is 7. The molecule has 0 unspecified atom stereocenters. The van der Waals surface area contributed by atoms with E-state index < -0.39 is 28.6 Å². The maximum atomic E-state index is 13.1. The van der Waals surface area contributed by atoms with E-state index >= 15 is 0 Å². The summed E-state index contributed by atoms with van der Waals surface area (Å²) >= 11 is 0. The molecular formula is C25H30FN5O5. The molecule has 10 nitrogen and oxygen atoms in total. The van der Waals surface area contributed by atoms with Crippen LogP contribution in [0.25, 0.3) is 0 Å². The van der Waals surface area contributed by atoms with Gasteiger partial charge in [0.15, 0.2) is 0 Å². The lowest BCUT2D eigenvalue weighted by Crippen LogP contribution is -2.36. The van der Waals surface area contributed by atoms with E-state index in [-0.39, 0.29) is 18.9 Å². The van der Waals surface area contributed by atoms with Gasteiger partial charge in [0, 0.05) is 32.6 Å². The fourth-order valence-electron chi connectivity index (χ4n) is 2.80. The van der Waals surface area contributed by atoms with Crippen LogP contribution in [0.5, 0.6) is 0 Å². The van der Waals surface area contributed by atoms with Gasteiger partial charge in [0.1, 0.15) is 17.1 Å². The van der Waals surface area contributed by atoms with Crippen LogP contribution in [0.1, 0.15) is 19.4 Å². The first-order valence-corrected chi connectivity index (χ1v) is 10.9. The molecule has 0 aliphatic carbocycles. The van der Waals surface area contributed by atoms with Gasteiger partial charge in [0.05, 0.1) is 24.3 Å². The van der Waals surface area contributed by atoms with Crippen LogP contribution >= 0.6 is 0 Å². The Morgan fingerprint density at radius 1 is 1.33 bits per heavy atom. The molecule has 36 heavy (non-hydrogen) atoms. The predicted molar refractivity (Wildman–Crippen MR) is 132 cm³/mol. The summed E-state index contributed by atoms with van der Waals surface area (Å²) in [5.74, 6) is -2.34. The van der Waals surface area contributed by atoms with Crippen molar-refractivity contribution >= 4 is 24.4 Å². The minimum absolute atomic E-state index is 0.0339. The molecule has 1 aliphatic heterocycles. The Balaban J connectivity index is 0.000000613. The van der Waals surface area contributed by atoms with E-state index in [1.165, 1.54) is 25.4 Å². The minimum atomic E-state index is -0.772. The molecule has 3 amide bonds. The first-order chi connectivity index (χ1) is 17.1. The van der Waals surface area contributed by atoms with E-state index in [0.29, 0.717) is 25.6 Å². The van der Waals surface area contributed by atoms with Crippen molar-refractivity contribution in [3.8, 4) is 6.07 Å². The van der Waals surface area contributed by atoms with Crippen LogP contribution in [0, 0.1) is 22.6 Å². The fraction of sp³-hybridized carbons (Fsp3) is 0.320. The van der Waals surface area contributed by atoms with Gasteiger partial charge in [0.25, 0.3) is 11.8 Å². The SMILES string of the molecule is CC(C)(C#N)CNC=O.CNC(=O)/C1=C(\O)CN=C/C(Cc2ccc(F)cc2)=C\CN(/C=C\O)C1=O. The van der Waals surface area contributed by atoms with Crippen molar-refractivity contribution in [3.63, 3.8) is 0 Å². The molecule has 0 bridgehead atoms. The van der Waals surface area contributed by atoms with Gasteiger partial charge in [-0.1, -0.05) is 18.2 Å². The molecular weight excluding hydrogens is 469 g/mol. The second kappa shape index (κ2) is 14.7. The maximum Gasteiger partial charge on any atom is 0.267 e. The van der Waals surface area contributed by atoms with Crippen molar-refractivity contribution in [2.75, 3.05) is 26.7 Å². The number of nitrogens with zero attached hydrogens (tertiary/aromatic N) is 3. The first-order valence-electron chi connectivity index (χ1n) is 10.9. The monoisotopic (exact) mass is 499 g/mol. The Labute approximate surface area is 209 Å². The number of aliphatic imine (C=N–C) groups is 1. The highest BCUT2D eigenvalue weighted by Crippen LogP contribution is 2.14. The number of carbonyl (C=O) groups excluding carboxylic acids is 3. The number of carbonyl (C=O) groups is 3. The van der Waals surface area contributed by atoms with Gasteiger partial charge in [-0.3, -0.25) is 19.4 Å². The number of hydrogen-bond acceptors (Lipinski definition) is 7. The Bertz CT molecular complexity index is 1090. The lowest BCUT2D eigenvalue weighted by molar-refractivity contribution is -0.128.